The van der Waals surface area contributed by atoms with E-state index in [1.54, 1.807) is 23.6 Å². The van der Waals surface area contributed by atoms with Gasteiger partial charge in [0, 0.05) is 31.4 Å². The number of thioether (sulfide) groups is 1. The maximum Gasteiger partial charge on any atom is 0.254 e. The molecule has 1 fully saturated rings. The van der Waals surface area contributed by atoms with Gasteiger partial charge in [0.15, 0.2) is 0 Å². The van der Waals surface area contributed by atoms with Gasteiger partial charge >= 0.3 is 0 Å². The average molecular weight is 348 g/mol. The summed E-state index contributed by atoms with van der Waals surface area (Å²) in [6, 6.07) is 5.80. The molecule has 0 aliphatic carbocycles. The molecule has 0 saturated carbocycles. The van der Waals surface area contributed by atoms with Gasteiger partial charge in [-0.2, -0.15) is 11.3 Å². The number of nitrogens with zero attached hydrogens (tertiary/aromatic N) is 1. The minimum Gasteiger partial charge on any atom is -0.381 e. The van der Waals surface area contributed by atoms with E-state index in [4.69, 9.17) is 4.74 Å². The highest BCUT2D eigenvalue weighted by atomic mass is 32.2. The highest BCUT2D eigenvalue weighted by molar-refractivity contribution is 7.98. The molecule has 3 rings (SSSR count). The minimum absolute atomic E-state index is 0.0182. The van der Waals surface area contributed by atoms with E-state index in [-0.39, 0.29) is 11.3 Å². The number of hydrogen-bond donors (Lipinski definition) is 1. The van der Waals surface area contributed by atoms with Crippen molar-refractivity contribution in [2.75, 3.05) is 26.0 Å². The van der Waals surface area contributed by atoms with E-state index < -0.39 is 0 Å². The first-order chi connectivity index (χ1) is 11.2. The average Bonchev–Trinajstić information content (AvgIpc) is 3.16. The Morgan fingerprint density at radius 2 is 2.26 bits per heavy atom. The summed E-state index contributed by atoms with van der Waals surface area (Å²) in [6.07, 6.45) is 5.53. The Labute approximate surface area is 144 Å². The molecule has 0 bridgehead atoms. The Kier molecular flexibility index (Phi) is 5.35. The zero-order valence-corrected chi connectivity index (χ0v) is 14.7. The molecule has 1 N–H and O–H groups in total. The van der Waals surface area contributed by atoms with Gasteiger partial charge < -0.3 is 10.1 Å². The van der Waals surface area contributed by atoms with E-state index >= 15 is 0 Å². The van der Waals surface area contributed by atoms with Gasteiger partial charge in [-0.1, -0.05) is 0 Å². The van der Waals surface area contributed by atoms with Crippen LogP contribution in [0.2, 0.25) is 0 Å². The van der Waals surface area contributed by atoms with Crippen LogP contribution in [0.1, 0.15) is 28.8 Å². The fraction of sp³-hybridized carbons (Fsp3) is 0.412. The predicted octanol–water partition coefficient (Wildman–Crippen LogP) is 3.34. The Morgan fingerprint density at radius 1 is 1.43 bits per heavy atom. The molecule has 0 spiro atoms. The molecular weight excluding hydrogens is 328 g/mol. The van der Waals surface area contributed by atoms with E-state index in [9.17, 15) is 4.79 Å². The topological polar surface area (TPSA) is 51.2 Å². The second kappa shape index (κ2) is 7.47. The third-order valence-electron chi connectivity index (χ3n) is 4.38. The zero-order valence-electron chi connectivity index (χ0n) is 13.1. The first-order valence-corrected chi connectivity index (χ1v) is 9.79. The molecule has 3 heterocycles. The Balaban J connectivity index is 1.75. The normalized spacial score (nSPS) is 16.9. The van der Waals surface area contributed by atoms with Crippen LogP contribution in [0.3, 0.4) is 0 Å². The molecule has 1 aliphatic rings. The van der Waals surface area contributed by atoms with Gasteiger partial charge in [0.25, 0.3) is 5.91 Å². The van der Waals surface area contributed by atoms with Crippen molar-refractivity contribution in [3.63, 3.8) is 0 Å². The van der Waals surface area contributed by atoms with E-state index in [1.807, 2.05) is 12.3 Å². The molecule has 1 saturated heterocycles. The molecule has 2 aromatic heterocycles. The van der Waals surface area contributed by atoms with Gasteiger partial charge in [-0.25, -0.2) is 4.98 Å². The van der Waals surface area contributed by atoms with Gasteiger partial charge in [0.1, 0.15) is 5.03 Å². The monoisotopic (exact) mass is 348 g/mol. The van der Waals surface area contributed by atoms with Crippen molar-refractivity contribution < 1.29 is 9.53 Å². The van der Waals surface area contributed by atoms with Crippen LogP contribution >= 0.6 is 23.1 Å². The quantitative estimate of drug-likeness (QED) is 0.842. The summed E-state index contributed by atoms with van der Waals surface area (Å²) in [4.78, 5) is 16.8. The van der Waals surface area contributed by atoms with E-state index in [2.05, 4.69) is 27.1 Å². The number of rotatable bonds is 5. The summed E-state index contributed by atoms with van der Waals surface area (Å²) < 4.78 is 5.53. The van der Waals surface area contributed by atoms with Crippen LogP contribution < -0.4 is 5.32 Å². The second-order valence-electron chi connectivity index (χ2n) is 5.65. The highest BCUT2D eigenvalue weighted by Gasteiger charge is 2.35. The van der Waals surface area contributed by atoms with E-state index in [0.717, 1.165) is 31.1 Å². The second-order valence-corrected chi connectivity index (χ2v) is 7.22. The van der Waals surface area contributed by atoms with Crippen molar-refractivity contribution >= 4 is 29.0 Å². The van der Waals surface area contributed by atoms with Crippen LogP contribution in [0.25, 0.3) is 0 Å². The smallest absolute Gasteiger partial charge is 0.254 e. The number of pyridine rings is 1. The largest absolute Gasteiger partial charge is 0.381 e. The summed E-state index contributed by atoms with van der Waals surface area (Å²) in [6.45, 7) is 2.12. The third kappa shape index (κ3) is 3.59. The zero-order chi connectivity index (χ0) is 16.1. The van der Waals surface area contributed by atoms with Crippen molar-refractivity contribution in [1.29, 1.82) is 0 Å². The number of carbonyl (C=O) groups is 1. The fourth-order valence-corrected chi connectivity index (χ4v) is 4.29. The van der Waals surface area contributed by atoms with Crippen LogP contribution in [0.15, 0.2) is 40.2 Å². The molecule has 2 aromatic rings. The molecule has 0 aromatic carbocycles. The molecule has 1 amide bonds. The van der Waals surface area contributed by atoms with E-state index in [1.165, 1.54) is 17.3 Å². The van der Waals surface area contributed by atoms with E-state index in [0.29, 0.717) is 12.1 Å². The molecule has 1 aliphatic heterocycles. The van der Waals surface area contributed by atoms with Crippen LogP contribution in [0, 0.1) is 0 Å². The van der Waals surface area contributed by atoms with Gasteiger partial charge in [-0.3, -0.25) is 4.79 Å². The van der Waals surface area contributed by atoms with Crippen molar-refractivity contribution in [3.05, 3.63) is 46.3 Å². The lowest BCUT2D eigenvalue weighted by atomic mass is 9.75. The summed E-state index contributed by atoms with van der Waals surface area (Å²) >= 11 is 3.19. The molecule has 0 radical (unpaired) electrons. The van der Waals surface area contributed by atoms with Gasteiger partial charge in [0.2, 0.25) is 0 Å². The minimum atomic E-state index is -0.0523. The first kappa shape index (κ1) is 16.5. The number of hydrogen-bond acceptors (Lipinski definition) is 5. The van der Waals surface area contributed by atoms with Crippen molar-refractivity contribution in [2.45, 2.75) is 23.3 Å². The number of nitrogens with one attached hydrogen (secondary N) is 1. The molecule has 0 unspecified atom stereocenters. The van der Waals surface area contributed by atoms with Gasteiger partial charge in [0.05, 0.1) is 5.56 Å². The lowest BCUT2D eigenvalue weighted by Gasteiger charge is -2.37. The molecule has 23 heavy (non-hydrogen) atoms. The summed E-state index contributed by atoms with van der Waals surface area (Å²) in [5.41, 5.74) is 1.94. The van der Waals surface area contributed by atoms with Crippen molar-refractivity contribution in [1.82, 2.24) is 10.3 Å². The third-order valence-corrected chi connectivity index (χ3v) is 5.78. The number of carbonyl (C=O) groups excluding carboxylic acids is 1. The number of aromatic nitrogens is 1. The maximum atomic E-state index is 12.6. The number of ether oxygens (including phenoxy) is 1. The molecule has 6 heteroatoms. The van der Waals surface area contributed by atoms with Gasteiger partial charge in [-0.05, 0) is 53.6 Å². The summed E-state index contributed by atoms with van der Waals surface area (Å²) in [5.74, 6) is -0.0523. The van der Waals surface area contributed by atoms with Crippen LogP contribution in [-0.4, -0.2) is 36.9 Å². The van der Waals surface area contributed by atoms with Crippen LogP contribution in [0.5, 0.6) is 0 Å². The highest BCUT2D eigenvalue weighted by Crippen LogP contribution is 2.35. The molecule has 0 atom stereocenters. The lowest BCUT2D eigenvalue weighted by Crippen LogP contribution is -2.44. The molecule has 122 valence electrons. The Hall–Kier alpha value is -1.37. The van der Waals surface area contributed by atoms with Gasteiger partial charge in [-0.15, -0.1) is 11.8 Å². The standard InChI is InChI=1S/C17H20N2O2S2/c1-22-16-14(3-2-7-18-16)15(20)19-12-17(5-8-21-9-6-17)13-4-10-23-11-13/h2-4,7,10-11H,5-6,8-9,12H2,1H3,(H,19,20). The molecule has 4 nitrogen and oxygen atoms in total. The Morgan fingerprint density at radius 3 is 2.96 bits per heavy atom. The summed E-state index contributed by atoms with van der Waals surface area (Å²) in [7, 11) is 0. The lowest BCUT2D eigenvalue weighted by molar-refractivity contribution is 0.0488. The van der Waals surface area contributed by atoms with Crippen LogP contribution in [-0.2, 0) is 10.2 Å². The summed E-state index contributed by atoms with van der Waals surface area (Å²) in [5, 5.41) is 8.18. The fourth-order valence-electron chi connectivity index (χ4n) is 2.97. The van der Waals surface area contributed by atoms with Crippen molar-refractivity contribution in [2.24, 2.45) is 0 Å². The molecular formula is C17H20N2O2S2. The maximum absolute atomic E-state index is 12.6. The first-order valence-electron chi connectivity index (χ1n) is 7.63. The number of thiophene rings is 1. The van der Waals surface area contributed by atoms with Crippen molar-refractivity contribution in [3.8, 4) is 0 Å². The Bertz CT molecular complexity index is 652. The van der Waals surface area contributed by atoms with Crippen LogP contribution in [0.4, 0.5) is 0 Å². The predicted molar refractivity (Wildman–Crippen MR) is 94.4 cm³/mol. The SMILES string of the molecule is CSc1ncccc1C(=O)NCC1(c2ccsc2)CCOCC1. The number of amides is 1.